The van der Waals surface area contributed by atoms with Crippen molar-refractivity contribution in [2.24, 2.45) is 0 Å². The van der Waals surface area contributed by atoms with Crippen molar-refractivity contribution in [2.75, 3.05) is 16.8 Å². The third kappa shape index (κ3) is 4.09. The van der Waals surface area contributed by atoms with Gasteiger partial charge in [-0.1, -0.05) is 35.9 Å². The van der Waals surface area contributed by atoms with Crippen molar-refractivity contribution in [1.29, 1.82) is 0 Å². The minimum Gasteiger partial charge on any atom is -0.326 e. The molecule has 3 rings (SSSR count). The van der Waals surface area contributed by atoms with Crippen molar-refractivity contribution in [3.05, 3.63) is 70.9 Å². The van der Waals surface area contributed by atoms with Gasteiger partial charge in [-0.2, -0.15) is 4.98 Å². The fourth-order valence-corrected chi connectivity index (χ4v) is 2.85. The molecule has 0 bridgehead atoms. The molecule has 2 aromatic carbocycles. The smallest absolute Gasteiger partial charge is 0.229 e. The molecule has 4 nitrogen and oxygen atoms in total. The van der Waals surface area contributed by atoms with Gasteiger partial charge in [-0.15, -0.1) is 0 Å². The van der Waals surface area contributed by atoms with Crippen LogP contribution in [0.3, 0.4) is 0 Å². The van der Waals surface area contributed by atoms with E-state index in [9.17, 15) is 0 Å². The molecular weight excluding hydrogens is 332 g/mol. The molecule has 0 radical (unpaired) electrons. The predicted molar refractivity (Wildman–Crippen MR) is 105 cm³/mol. The van der Waals surface area contributed by atoms with E-state index in [4.69, 9.17) is 16.6 Å². The number of aryl methyl sites for hydroxylation is 2. The Bertz CT molecular complexity index is 865. The molecule has 0 saturated heterocycles. The molecule has 5 heteroatoms. The molecular formula is C20H21ClN4. The Morgan fingerprint density at radius 3 is 2.48 bits per heavy atom. The summed E-state index contributed by atoms with van der Waals surface area (Å²) in [5, 5.41) is 3.97. The van der Waals surface area contributed by atoms with Crippen LogP contribution >= 0.6 is 11.6 Å². The second-order valence-electron chi connectivity index (χ2n) is 5.86. The number of hydrogen-bond donors (Lipinski definition) is 1. The van der Waals surface area contributed by atoms with Crippen molar-refractivity contribution in [1.82, 2.24) is 9.97 Å². The number of aromatic nitrogens is 2. The topological polar surface area (TPSA) is 41.1 Å². The first-order valence-electron chi connectivity index (χ1n) is 8.28. The van der Waals surface area contributed by atoms with E-state index >= 15 is 0 Å². The van der Waals surface area contributed by atoms with E-state index in [1.807, 2.05) is 56.3 Å². The lowest BCUT2D eigenvalue weighted by Crippen LogP contribution is -2.18. The van der Waals surface area contributed by atoms with Crippen LogP contribution in [0.15, 0.2) is 54.6 Å². The van der Waals surface area contributed by atoms with Crippen LogP contribution in [0.2, 0.25) is 5.02 Å². The van der Waals surface area contributed by atoms with E-state index in [2.05, 4.69) is 34.3 Å². The SMILES string of the molecule is CCN(c1ccccc1)c1cc(C)nc(Nc2cc(Cl)ccc2C)n1. The fraction of sp³-hybridized carbons (Fsp3) is 0.200. The summed E-state index contributed by atoms with van der Waals surface area (Å²) in [4.78, 5) is 11.4. The average molecular weight is 353 g/mol. The predicted octanol–water partition coefficient (Wildman–Crippen LogP) is 5.65. The maximum atomic E-state index is 6.11. The van der Waals surface area contributed by atoms with Gasteiger partial charge in [0.1, 0.15) is 5.82 Å². The summed E-state index contributed by atoms with van der Waals surface area (Å²) in [6, 6.07) is 18.0. The molecule has 3 aromatic rings. The molecule has 0 saturated carbocycles. The first kappa shape index (κ1) is 17.2. The third-order valence-electron chi connectivity index (χ3n) is 3.95. The lowest BCUT2D eigenvalue weighted by molar-refractivity contribution is 0.969. The number of benzene rings is 2. The highest BCUT2D eigenvalue weighted by atomic mass is 35.5. The van der Waals surface area contributed by atoms with Gasteiger partial charge in [0.2, 0.25) is 5.95 Å². The van der Waals surface area contributed by atoms with E-state index < -0.39 is 0 Å². The van der Waals surface area contributed by atoms with Gasteiger partial charge in [0.15, 0.2) is 0 Å². The minimum absolute atomic E-state index is 0.565. The summed E-state index contributed by atoms with van der Waals surface area (Å²) in [6.07, 6.45) is 0. The Hall–Kier alpha value is -2.59. The molecule has 0 unspecified atom stereocenters. The molecule has 0 aliphatic heterocycles. The first-order valence-corrected chi connectivity index (χ1v) is 8.66. The number of nitrogens with zero attached hydrogens (tertiary/aromatic N) is 3. The van der Waals surface area contributed by atoms with Crippen molar-refractivity contribution in [3.63, 3.8) is 0 Å². The standard InChI is InChI=1S/C20H21ClN4/c1-4-25(17-8-6-5-7-9-17)19-12-15(3)22-20(24-19)23-18-13-16(21)11-10-14(18)2/h5-13H,4H2,1-3H3,(H,22,23,24). The number of anilines is 4. The number of para-hydroxylation sites is 1. The van der Waals surface area contributed by atoms with E-state index in [0.717, 1.165) is 35.0 Å². The molecule has 0 aliphatic rings. The zero-order valence-corrected chi connectivity index (χ0v) is 15.4. The summed E-state index contributed by atoms with van der Waals surface area (Å²) >= 11 is 6.11. The molecule has 0 fully saturated rings. The fourth-order valence-electron chi connectivity index (χ4n) is 2.68. The zero-order chi connectivity index (χ0) is 17.8. The molecule has 128 valence electrons. The molecule has 0 amide bonds. The van der Waals surface area contributed by atoms with E-state index in [1.54, 1.807) is 0 Å². The van der Waals surface area contributed by atoms with Crippen molar-refractivity contribution >= 4 is 34.7 Å². The van der Waals surface area contributed by atoms with Gasteiger partial charge in [-0.25, -0.2) is 4.98 Å². The number of rotatable bonds is 5. The average Bonchev–Trinajstić information content (AvgIpc) is 2.59. The Morgan fingerprint density at radius 2 is 1.76 bits per heavy atom. The van der Waals surface area contributed by atoms with Gasteiger partial charge in [-0.3, -0.25) is 0 Å². The number of nitrogens with one attached hydrogen (secondary N) is 1. The first-order chi connectivity index (χ1) is 12.1. The summed E-state index contributed by atoms with van der Waals surface area (Å²) < 4.78 is 0. The van der Waals surface area contributed by atoms with Crippen LogP contribution in [0.4, 0.5) is 23.1 Å². The van der Waals surface area contributed by atoms with Crippen molar-refractivity contribution in [2.45, 2.75) is 20.8 Å². The summed E-state index contributed by atoms with van der Waals surface area (Å²) in [5.74, 6) is 1.43. The summed E-state index contributed by atoms with van der Waals surface area (Å²) in [5.41, 5.74) is 4.01. The normalized spacial score (nSPS) is 10.6. The van der Waals surface area contributed by atoms with E-state index in [0.29, 0.717) is 11.0 Å². The van der Waals surface area contributed by atoms with Crippen LogP contribution < -0.4 is 10.2 Å². The second-order valence-corrected chi connectivity index (χ2v) is 6.29. The lowest BCUT2D eigenvalue weighted by Gasteiger charge is -2.23. The molecule has 25 heavy (non-hydrogen) atoms. The highest BCUT2D eigenvalue weighted by Crippen LogP contribution is 2.27. The quantitative estimate of drug-likeness (QED) is 0.644. The van der Waals surface area contributed by atoms with Crippen molar-refractivity contribution < 1.29 is 0 Å². The summed E-state index contributed by atoms with van der Waals surface area (Å²) in [6.45, 7) is 6.92. The summed E-state index contributed by atoms with van der Waals surface area (Å²) in [7, 11) is 0. The van der Waals surface area contributed by atoms with Crippen LogP contribution in [0.25, 0.3) is 0 Å². The lowest BCUT2D eigenvalue weighted by atomic mass is 10.2. The van der Waals surface area contributed by atoms with Crippen LogP contribution in [0, 0.1) is 13.8 Å². The van der Waals surface area contributed by atoms with Crippen LogP contribution in [0.1, 0.15) is 18.2 Å². The van der Waals surface area contributed by atoms with Gasteiger partial charge in [0.25, 0.3) is 0 Å². The van der Waals surface area contributed by atoms with Gasteiger partial charge in [0.05, 0.1) is 0 Å². The highest BCUT2D eigenvalue weighted by Gasteiger charge is 2.12. The second kappa shape index (κ2) is 7.53. The molecule has 0 atom stereocenters. The molecule has 1 aromatic heterocycles. The number of hydrogen-bond acceptors (Lipinski definition) is 4. The molecule has 0 aliphatic carbocycles. The third-order valence-corrected chi connectivity index (χ3v) is 4.18. The van der Waals surface area contributed by atoms with E-state index in [1.165, 1.54) is 0 Å². The van der Waals surface area contributed by atoms with Crippen LogP contribution in [-0.4, -0.2) is 16.5 Å². The maximum Gasteiger partial charge on any atom is 0.229 e. The Balaban J connectivity index is 1.96. The van der Waals surface area contributed by atoms with E-state index in [-0.39, 0.29) is 0 Å². The largest absolute Gasteiger partial charge is 0.326 e. The molecule has 1 heterocycles. The maximum absolute atomic E-state index is 6.11. The monoisotopic (exact) mass is 352 g/mol. The Morgan fingerprint density at radius 1 is 1.00 bits per heavy atom. The number of halogens is 1. The van der Waals surface area contributed by atoms with Crippen LogP contribution in [-0.2, 0) is 0 Å². The van der Waals surface area contributed by atoms with Gasteiger partial charge >= 0.3 is 0 Å². The van der Waals surface area contributed by atoms with Crippen molar-refractivity contribution in [3.8, 4) is 0 Å². The minimum atomic E-state index is 0.565. The van der Waals surface area contributed by atoms with Crippen LogP contribution in [0.5, 0.6) is 0 Å². The Labute approximate surface area is 153 Å². The Kier molecular flexibility index (Phi) is 5.19. The molecule has 0 spiro atoms. The van der Waals surface area contributed by atoms with Gasteiger partial charge in [0, 0.05) is 34.7 Å². The van der Waals surface area contributed by atoms with Gasteiger partial charge < -0.3 is 10.2 Å². The zero-order valence-electron chi connectivity index (χ0n) is 14.6. The highest BCUT2D eigenvalue weighted by molar-refractivity contribution is 6.30. The molecule has 1 N–H and O–H groups in total. The van der Waals surface area contributed by atoms with Gasteiger partial charge in [-0.05, 0) is 50.6 Å².